The molecular weight excluding hydrogens is 232 g/mol. The minimum Gasteiger partial charge on any atom is -0.455 e. The van der Waals surface area contributed by atoms with Crippen LogP contribution in [0.2, 0.25) is 0 Å². The summed E-state index contributed by atoms with van der Waals surface area (Å²) in [6, 6.07) is 7.20. The van der Waals surface area contributed by atoms with Gasteiger partial charge in [-0.15, -0.1) is 0 Å². The molecule has 3 rings (SSSR count). The topological polar surface area (TPSA) is 91.0 Å². The maximum absolute atomic E-state index is 5.47. The van der Waals surface area contributed by atoms with E-state index in [1.807, 2.05) is 12.1 Å². The Kier molecular flexibility index (Phi) is 2.62. The fraction of sp³-hybridized carbons (Fsp3) is 0.0833. The summed E-state index contributed by atoms with van der Waals surface area (Å²) in [5, 5.41) is 3.88. The fourth-order valence-corrected chi connectivity index (χ4v) is 1.54. The van der Waals surface area contributed by atoms with Crippen molar-refractivity contribution in [2.24, 2.45) is 5.73 Å². The van der Waals surface area contributed by atoms with E-state index in [2.05, 4.69) is 15.1 Å². The number of pyridine rings is 1. The van der Waals surface area contributed by atoms with Gasteiger partial charge in [-0.2, -0.15) is 4.98 Å². The Morgan fingerprint density at radius 2 is 2.17 bits per heavy atom. The molecule has 0 aliphatic rings. The Morgan fingerprint density at radius 3 is 2.89 bits per heavy atom. The molecule has 2 N–H and O–H groups in total. The second-order valence-corrected chi connectivity index (χ2v) is 3.63. The van der Waals surface area contributed by atoms with Crippen LogP contribution in [-0.4, -0.2) is 15.1 Å². The van der Waals surface area contributed by atoms with Crippen molar-refractivity contribution in [2.75, 3.05) is 0 Å². The molecule has 3 heterocycles. The van der Waals surface area contributed by atoms with Crippen LogP contribution in [0.5, 0.6) is 0 Å². The number of furan rings is 1. The number of nitrogens with zero attached hydrogens (tertiary/aromatic N) is 3. The first-order valence-electron chi connectivity index (χ1n) is 5.40. The van der Waals surface area contributed by atoms with Gasteiger partial charge in [0, 0.05) is 18.0 Å². The average molecular weight is 242 g/mol. The van der Waals surface area contributed by atoms with Crippen molar-refractivity contribution in [1.29, 1.82) is 0 Å². The highest BCUT2D eigenvalue weighted by Gasteiger charge is 2.13. The summed E-state index contributed by atoms with van der Waals surface area (Å²) in [7, 11) is 0. The zero-order valence-electron chi connectivity index (χ0n) is 9.41. The van der Waals surface area contributed by atoms with Gasteiger partial charge in [-0.3, -0.25) is 4.98 Å². The molecule has 6 heteroatoms. The smallest absolute Gasteiger partial charge is 0.293 e. The predicted octanol–water partition coefficient (Wildman–Crippen LogP) is 1.85. The van der Waals surface area contributed by atoms with Gasteiger partial charge >= 0.3 is 0 Å². The molecule has 0 spiro atoms. The number of nitrogens with two attached hydrogens (primary N) is 1. The Labute approximate surface area is 102 Å². The highest BCUT2D eigenvalue weighted by atomic mass is 16.5. The monoisotopic (exact) mass is 242 g/mol. The van der Waals surface area contributed by atoms with Gasteiger partial charge in [0.1, 0.15) is 5.76 Å². The lowest BCUT2D eigenvalue weighted by molar-refractivity contribution is 0.412. The van der Waals surface area contributed by atoms with Crippen LogP contribution >= 0.6 is 0 Å². The predicted molar refractivity (Wildman–Crippen MR) is 63.1 cm³/mol. The van der Waals surface area contributed by atoms with E-state index in [1.165, 1.54) is 0 Å². The van der Waals surface area contributed by atoms with Crippen LogP contribution in [0.15, 0.2) is 45.6 Å². The second kappa shape index (κ2) is 4.42. The van der Waals surface area contributed by atoms with E-state index in [4.69, 9.17) is 14.7 Å². The van der Waals surface area contributed by atoms with Gasteiger partial charge in [0.05, 0.1) is 6.54 Å². The molecule has 0 saturated carbocycles. The molecule has 0 aromatic carbocycles. The van der Waals surface area contributed by atoms with E-state index >= 15 is 0 Å². The molecule has 6 nitrogen and oxygen atoms in total. The third-order valence-electron chi connectivity index (χ3n) is 2.42. The molecule has 0 unspecified atom stereocenters. The lowest BCUT2D eigenvalue weighted by Gasteiger charge is -1.89. The molecule has 0 radical (unpaired) electrons. The summed E-state index contributed by atoms with van der Waals surface area (Å²) in [4.78, 5) is 8.24. The Morgan fingerprint density at radius 1 is 1.22 bits per heavy atom. The average Bonchev–Trinajstić information content (AvgIpc) is 3.08. The Bertz CT molecular complexity index is 645. The van der Waals surface area contributed by atoms with E-state index in [0.29, 0.717) is 29.8 Å². The molecule has 0 aliphatic heterocycles. The van der Waals surface area contributed by atoms with Crippen LogP contribution in [0, 0.1) is 0 Å². The summed E-state index contributed by atoms with van der Waals surface area (Å²) in [5.41, 5.74) is 6.26. The summed E-state index contributed by atoms with van der Waals surface area (Å²) >= 11 is 0. The lowest BCUT2D eigenvalue weighted by atomic mass is 10.3. The zero-order valence-corrected chi connectivity index (χ0v) is 9.41. The Balaban J connectivity index is 1.94. The van der Waals surface area contributed by atoms with Crippen molar-refractivity contribution in [3.8, 4) is 23.0 Å². The maximum atomic E-state index is 5.47. The highest BCUT2D eigenvalue weighted by Crippen LogP contribution is 2.23. The van der Waals surface area contributed by atoms with E-state index in [1.54, 1.807) is 24.5 Å². The van der Waals surface area contributed by atoms with Crippen molar-refractivity contribution in [3.63, 3.8) is 0 Å². The van der Waals surface area contributed by atoms with E-state index in [0.717, 1.165) is 5.56 Å². The number of aromatic nitrogens is 3. The summed E-state index contributed by atoms with van der Waals surface area (Å²) in [6.07, 6.45) is 3.35. The first-order chi connectivity index (χ1) is 8.86. The third kappa shape index (κ3) is 1.89. The molecule has 0 atom stereocenters. The van der Waals surface area contributed by atoms with Crippen molar-refractivity contribution in [3.05, 3.63) is 42.4 Å². The second-order valence-electron chi connectivity index (χ2n) is 3.63. The minimum atomic E-state index is 0.327. The summed E-state index contributed by atoms with van der Waals surface area (Å²) in [6.45, 7) is 0.337. The molecule has 0 fully saturated rings. The van der Waals surface area contributed by atoms with Gasteiger partial charge in [0.15, 0.2) is 5.76 Å². The molecule has 0 aliphatic carbocycles. The maximum Gasteiger partial charge on any atom is 0.293 e. The van der Waals surface area contributed by atoms with E-state index in [9.17, 15) is 0 Å². The van der Waals surface area contributed by atoms with Crippen molar-refractivity contribution < 1.29 is 8.94 Å². The normalized spacial score (nSPS) is 10.7. The van der Waals surface area contributed by atoms with Crippen LogP contribution in [0.4, 0.5) is 0 Å². The molecule has 0 amide bonds. The molecule has 0 saturated heterocycles. The minimum absolute atomic E-state index is 0.327. The van der Waals surface area contributed by atoms with E-state index in [-0.39, 0.29) is 0 Å². The van der Waals surface area contributed by atoms with Crippen molar-refractivity contribution in [1.82, 2.24) is 15.1 Å². The molecule has 18 heavy (non-hydrogen) atoms. The van der Waals surface area contributed by atoms with Crippen LogP contribution in [0.1, 0.15) is 5.76 Å². The SMILES string of the molecule is NCc1ccc(-c2nc(-c3cccnc3)no2)o1. The molecule has 3 aromatic heterocycles. The summed E-state index contributed by atoms with van der Waals surface area (Å²) in [5.74, 6) is 1.99. The molecule has 3 aromatic rings. The van der Waals surface area contributed by atoms with Crippen LogP contribution in [0.3, 0.4) is 0 Å². The first kappa shape index (κ1) is 10.7. The lowest BCUT2D eigenvalue weighted by Crippen LogP contribution is -1.92. The van der Waals surface area contributed by atoms with Crippen LogP contribution in [-0.2, 0) is 6.54 Å². The fourth-order valence-electron chi connectivity index (χ4n) is 1.54. The van der Waals surface area contributed by atoms with Gasteiger partial charge in [-0.05, 0) is 24.3 Å². The van der Waals surface area contributed by atoms with E-state index < -0.39 is 0 Å². The largest absolute Gasteiger partial charge is 0.455 e. The van der Waals surface area contributed by atoms with Crippen LogP contribution in [0.25, 0.3) is 23.0 Å². The van der Waals surface area contributed by atoms with Crippen LogP contribution < -0.4 is 5.73 Å². The molecule has 90 valence electrons. The zero-order chi connectivity index (χ0) is 12.4. The van der Waals surface area contributed by atoms with Gasteiger partial charge < -0.3 is 14.7 Å². The van der Waals surface area contributed by atoms with Gasteiger partial charge in [-0.1, -0.05) is 5.16 Å². The highest BCUT2D eigenvalue weighted by molar-refractivity contribution is 5.55. The Hall–Kier alpha value is -2.47. The first-order valence-corrected chi connectivity index (χ1v) is 5.40. The van der Waals surface area contributed by atoms with Gasteiger partial charge in [0.25, 0.3) is 5.89 Å². The quantitative estimate of drug-likeness (QED) is 0.753. The van der Waals surface area contributed by atoms with Crippen molar-refractivity contribution >= 4 is 0 Å². The van der Waals surface area contributed by atoms with Gasteiger partial charge in [0.2, 0.25) is 5.82 Å². The number of hydrogen-bond acceptors (Lipinski definition) is 6. The molecular formula is C12H10N4O2. The third-order valence-corrected chi connectivity index (χ3v) is 2.42. The number of rotatable bonds is 3. The summed E-state index contributed by atoms with van der Waals surface area (Å²) < 4.78 is 10.6. The van der Waals surface area contributed by atoms with Crippen molar-refractivity contribution in [2.45, 2.75) is 6.54 Å². The standard InChI is InChI=1S/C12H10N4O2/c13-6-9-3-4-10(17-9)12-15-11(16-18-12)8-2-1-5-14-7-8/h1-5,7H,6,13H2. The van der Waals surface area contributed by atoms with Gasteiger partial charge in [-0.25, -0.2) is 0 Å². The molecule has 0 bridgehead atoms. The number of hydrogen-bond donors (Lipinski definition) is 1.